The molecule has 2 nitrogen and oxygen atoms in total. The van der Waals surface area contributed by atoms with Crippen LogP contribution in [0.25, 0.3) is 0 Å². The molecule has 0 N–H and O–H groups in total. The Hall–Kier alpha value is -0.0800. The van der Waals surface area contributed by atoms with Gasteiger partial charge in [0, 0.05) is 6.54 Å². The second-order valence-corrected chi connectivity index (χ2v) is 2.02. The average molecular weight is 114 g/mol. The monoisotopic (exact) mass is 114 g/mol. The summed E-state index contributed by atoms with van der Waals surface area (Å²) in [5, 5.41) is 4.20. The van der Waals surface area contributed by atoms with Gasteiger partial charge in [-0.05, 0) is 6.42 Å². The Bertz CT molecular complexity index is 59.5. The molecule has 0 amide bonds. The highest BCUT2D eigenvalue weighted by Crippen LogP contribution is 2.03. The number of hydrogen-bond donors (Lipinski definition) is 0. The Morgan fingerprint density at radius 2 is 2.62 bits per heavy atom. The van der Waals surface area contributed by atoms with E-state index in [1.165, 1.54) is 6.42 Å². The van der Waals surface area contributed by atoms with Gasteiger partial charge in [-0.2, -0.15) is 0 Å². The molecule has 0 spiro atoms. The molecule has 0 aliphatic carbocycles. The molecular formula is C6H12NO. The normalized spacial score (nSPS) is 28.9. The molecule has 0 saturated carbocycles. The maximum absolute atomic E-state index is 5.23. The molecule has 47 valence electrons. The SMILES string of the molecule is CCCC1[N]CCO1. The Balaban J connectivity index is 2.06. The van der Waals surface area contributed by atoms with Crippen LogP contribution in [0.2, 0.25) is 0 Å². The summed E-state index contributed by atoms with van der Waals surface area (Å²) in [6, 6.07) is 0. The zero-order valence-electron chi connectivity index (χ0n) is 5.26. The van der Waals surface area contributed by atoms with Crippen molar-refractivity contribution in [2.75, 3.05) is 13.2 Å². The van der Waals surface area contributed by atoms with Crippen molar-refractivity contribution >= 4 is 0 Å². The topological polar surface area (TPSA) is 23.3 Å². The molecule has 0 bridgehead atoms. The first-order chi connectivity index (χ1) is 3.93. The maximum Gasteiger partial charge on any atom is 0.123 e. The van der Waals surface area contributed by atoms with Crippen LogP contribution in [-0.4, -0.2) is 19.4 Å². The van der Waals surface area contributed by atoms with Gasteiger partial charge in [0.1, 0.15) is 6.23 Å². The van der Waals surface area contributed by atoms with Gasteiger partial charge in [0.2, 0.25) is 0 Å². The first-order valence-corrected chi connectivity index (χ1v) is 3.21. The highest BCUT2D eigenvalue weighted by Gasteiger charge is 2.13. The van der Waals surface area contributed by atoms with Crippen molar-refractivity contribution in [2.45, 2.75) is 26.0 Å². The Labute approximate surface area is 50.2 Å². The number of ether oxygens (including phenoxy) is 1. The summed E-state index contributed by atoms with van der Waals surface area (Å²) in [6.45, 7) is 3.90. The van der Waals surface area contributed by atoms with Crippen molar-refractivity contribution in [3.8, 4) is 0 Å². The summed E-state index contributed by atoms with van der Waals surface area (Å²) >= 11 is 0. The minimum absolute atomic E-state index is 0.236. The van der Waals surface area contributed by atoms with E-state index in [1.807, 2.05) is 0 Å². The largest absolute Gasteiger partial charge is 0.360 e. The van der Waals surface area contributed by atoms with Crippen molar-refractivity contribution < 1.29 is 4.74 Å². The molecule has 0 aromatic heterocycles. The maximum atomic E-state index is 5.23. The van der Waals surface area contributed by atoms with Gasteiger partial charge < -0.3 is 4.74 Å². The molecule has 0 aromatic carbocycles. The van der Waals surface area contributed by atoms with Gasteiger partial charge in [0.05, 0.1) is 6.61 Å². The van der Waals surface area contributed by atoms with E-state index in [9.17, 15) is 0 Å². The third kappa shape index (κ3) is 1.46. The molecule has 8 heavy (non-hydrogen) atoms. The Morgan fingerprint density at radius 3 is 3.12 bits per heavy atom. The summed E-state index contributed by atoms with van der Waals surface area (Å²) in [6.07, 6.45) is 2.51. The van der Waals surface area contributed by atoms with Gasteiger partial charge >= 0.3 is 0 Å². The first kappa shape index (κ1) is 6.05. The van der Waals surface area contributed by atoms with Gasteiger partial charge in [0.25, 0.3) is 0 Å². The van der Waals surface area contributed by atoms with Crippen LogP contribution in [0.4, 0.5) is 0 Å². The summed E-state index contributed by atoms with van der Waals surface area (Å²) in [7, 11) is 0. The van der Waals surface area contributed by atoms with E-state index in [4.69, 9.17) is 4.74 Å². The fraction of sp³-hybridized carbons (Fsp3) is 1.00. The molecule has 1 atom stereocenters. The van der Waals surface area contributed by atoms with Crippen LogP contribution in [0.5, 0.6) is 0 Å². The lowest BCUT2D eigenvalue weighted by molar-refractivity contribution is 0.0921. The van der Waals surface area contributed by atoms with Crippen LogP contribution in [-0.2, 0) is 4.74 Å². The van der Waals surface area contributed by atoms with E-state index in [-0.39, 0.29) is 6.23 Å². The van der Waals surface area contributed by atoms with Gasteiger partial charge in [0.15, 0.2) is 0 Å². The molecule has 1 heterocycles. The summed E-state index contributed by atoms with van der Waals surface area (Å²) in [5.74, 6) is 0. The van der Waals surface area contributed by atoms with E-state index in [0.717, 1.165) is 19.6 Å². The minimum Gasteiger partial charge on any atom is -0.360 e. The van der Waals surface area contributed by atoms with Crippen LogP contribution < -0.4 is 5.32 Å². The van der Waals surface area contributed by atoms with Crippen LogP contribution >= 0.6 is 0 Å². The van der Waals surface area contributed by atoms with E-state index < -0.39 is 0 Å². The van der Waals surface area contributed by atoms with Crippen LogP contribution in [0.3, 0.4) is 0 Å². The van der Waals surface area contributed by atoms with Gasteiger partial charge in [-0.25, -0.2) is 5.32 Å². The standard InChI is InChI=1S/C6H12NO/c1-2-3-6-7-4-5-8-6/h6H,2-5H2,1H3. The Morgan fingerprint density at radius 1 is 1.75 bits per heavy atom. The molecular weight excluding hydrogens is 102 g/mol. The Kier molecular flexibility index (Phi) is 2.30. The van der Waals surface area contributed by atoms with E-state index in [2.05, 4.69) is 12.2 Å². The summed E-state index contributed by atoms with van der Waals surface area (Å²) < 4.78 is 5.23. The molecule has 1 radical (unpaired) electrons. The third-order valence-corrected chi connectivity index (χ3v) is 1.27. The number of hydrogen-bond acceptors (Lipinski definition) is 1. The molecule has 1 saturated heterocycles. The molecule has 0 aromatic rings. The van der Waals surface area contributed by atoms with Crippen LogP contribution in [0, 0.1) is 0 Å². The van der Waals surface area contributed by atoms with Crippen molar-refractivity contribution in [3.05, 3.63) is 0 Å². The second-order valence-electron chi connectivity index (χ2n) is 2.02. The molecule has 2 heteroatoms. The summed E-state index contributed by atoms with van der Waals surface area (Å²) in [5.41, 5.74) is 0. The zero-order valence-corrected chi connectivity index (χ0v) is 5.26. The molecule has 1 unspecified atom stereocenters. The lowest BCUT2D eigenvalue weighted by Crippen LogP contribution is -2.14. The fourth-order valence-corrected chi connectivity index (χ4v) is 0.860. The average Bonchev–Trinajstić information content (AvgIpc) is 2.19. The van der Waals surface area contributed by atoms with E-state index in [0.29, 0.717) is 0 Å². The van der Waals surface area contributed by atoms with Gasteiger partial charge in [-0.1, -0.05) is 13.3 Å². The third-order valence-electron chi connectivity index (χ3n) is 1.27. The highest BCUT2D eigenvalue weighted by atomic mass is 16.5. The lowest BCUT2D eigenvalue weighted by Gasteiger charge is -2.03. The first-order valence-electron chi connectivity index (χ1n) is 3.21. The quantitative estimate of drug-likeness (QED) is 0.519. The predicted molar refractivity (Wildman–Crippen MR) is 31.6 cm³/mol. The highest BCUT2D eigenvalue weighted by molar-refractivity contribution is 4.60. The molecule has 1 aliphatic heterocycles. The van der Waals surface area contributed by atoms with Crippen LogP contribution in [0.1, 0.15) is 19.8 Å². The predicted octanol–water partition coefficient (Wildman–Crippen LogP) is 0.747. The van der Waals surface area contributed by atoms with Crippen molar-refractivity contribution in [1.82, 2.24) is 5.32 Å². The minimum atomic E-state index is 0.236. The summed E-state index contributed by atoms with van der Waals surface area (Å²) in [4.78, 5) is 0. The lowest BCUT2D eigenvalue weighted by atomic mass is 10.3. The second kappa shape index (κ2) is 3.05. The molecule has 1 fully saturated rings. The van der Waals surface area contributed by atoms with E-state index in [1.54, 1.807) is 0 Å². The number of nitrogens with zero attached hydrogens (tertiary/aromatic N) is 1. The smallest absolute Gasteiger partial charge is 0.123 e. The van der Waals surface area contributed by atoms with Crippen molar-refractivity contribution in [1.29, 1.82) is 0 Å². The zero-order chi connectivity index (χ0) is 5.82. The van der Waals surface area contributed by atoms with Crippen molar-refractivity contribution in [3.63, 3.8) is 0 Å². The molecule has 1 aliphatic rings. The van der Waals surface area contributed by atoms with Gasteiger partial charge in [-0.15, -0.1) is 0 Å². The number of rotatable bonds is 2. The molecule has 1 rings (SSSR count). The van der Waals surface area contributed by atoms with E-state index >= 15 is 0 Å². The van der Waals surface area contributed by atoms with Gasteiger partial charge in [-0.3, -0.25) is 0 Å². The van der Waals surface area contributed by atoms with Crippen LogP contribution in [0.15, 0.2) is 0 Å². The van der Waals surface area contributed by atoms with Crippen molar-refractivity contribution in [2.24, 2.45) is 0 Å². The fourth-order valence-electron chi connectivity index (χ4n) is 0.860.